The number of hydrogen-bond donors (Lipinski definition) is 0. The van der Waals surface area contributed by atoms with Crippen molar-refractivity contribution in [2.75, 3.05) is 0 Å². The molecule has 0 unspecified atom stereocenters. The van der Waals surface area contributed by atoms with Gasteiger partial charge in [0.25, 0.3) is 0 Å². The van der Waals surface area contributed by atoms with E-state index in [9.17, 15) is 25.3 Å². The van der Waals surface area contributed by atoms with Crippen LogP contribution in [0.15, 0.2) is 17.2 Å². The standard InChI is InChI=1S/C8H7BF4N3O2S/c1-5-6(4-19(13,17)18)2-7(9(10,11)12)3-8(5)15-16-14/h2-3H,4H2,1H3/q-1. The molecule has 0 fully saturated rings. The number of benzene rings is 1. The van der Waals surface area contributed by atoms with Crippen molar-refractivity contribution in [1.29, 1.82) is 0 Å². The molecule has 0 N–H and O–H groups in total. The zero-order valence-corrected chi connectivity index (χ0v) is 10.3. The average Bonchev–Trinajstić information content (AvgIpc) is 2.20. The van der Waals surface area contributed by atoms with Crippen LogP contribution >= 0.6 is 0 Å². The molecule has 0 spiro atoms. The van der Waals surface area contributed by atoms with Crippen LogP contribution in [0.3, 0.4) is 0 Å². The summed E-state index contributed by atoms with van der Waals surface area (Å²) in [5.74, 6) is -1.20. The maximum Gasteiger partial charge on any atom is 0.509 e. The fourth-order valence-corrected chi connectivity index (χ4v) is 2.13. The Morgan fingerprint density at radius 3 is 2.37 bits per heavy atom. The van der Waals surface area contributed by atoms with Gasteiger partial charge in [0.2, 0.25) is 0 Å². The van der Waals surface area contributed by atoms with Crippen LogP contribution in [0.2, 0.25) is 0 Å². The average molecular weight is 296 g/mol. The van der Waals surface area contributed by atoms with E-state index in [-0.39, 0.29) is 16.8 Å². The van der Waals surface area contributed by atoms with Crippen molar-refractivity contribution < 1.29 is 25.3 Å². The van der Waals surface area contributed by atoms with Gasteiger partial charge in [-0.25, -0.2) is 0 Å². The number of hydrogen-bond acceptors (Lipinski definition) is 3. The summed E-state index contributed by atoms with van der Waals surface area (Å²) in [6.45, 7) is -4.17. The van der Waals surface area contributed by atoms with Crippen LogP contribution in [0.5, 0.6) is 0 Å². The molecule has 0 bridgehead atoms. The number of halogens is 4. The fourth-order valence-electron chi connectivity index (χ4n) is 1.46. The van der Waals surface area contributed by atoms with Gasteiger partial charge in [0.05, 0.1) is 0 Å². The molecular formula is C8H7BF4N3O2S-. The summed E-state index contributed by atoms with van der Waals surface area (Å²) in [7, 11) is -4.99. The SMILES string of the molecule is Cc1c(CS(=O)(=O)F)cc([B-](F)(F)F)cc1N=[N+]=[N-]. The molecule has 1 rings (SSSR count). The minimum Gasteiger partial charge on any atom is -0.445 e. The highest BCUT2D eigenvalue weighted by atomic mass is 32.3. The van der Waals surface area contributed by atoms with Crippen LogP contribution in [0.25, 0.3) is 10.4 Å². The zero-order chi connectivity index (χ0) is 14.8. The molecular weight excluding hydrogens is 289 g/mol. The molecule has 0 heterocycles. The number of nitrogens with zero attached hydrogens (tertiary/aromatic N) is 3. The molecule has 5 nitrogen and oxygen atoms in total. The predicted molar refractivity (Wildman–Crippen MR) is 62.4 cm³/mol. The minimum atomic E-state index is -5.42. The highest BCUT2D eigenvalue weighted by Crippen LogP contribution is 2.25. The second kappa shape index (κ2) is 5.10. The third-order valence-electron chi connectivity index (χ3n) is 2.37. The first-order valence-corrected chi connectivity index (χ1v) is 6.40. The normalized spacial score (nSPS) is 12.1. The van der Waals surface area contributed by atoms with Gasteiger partial charge in [-0.3, -0.25) is 0 Å². The van der Waals surface area contributed by atoms with Crippen LogP contribution in [-0.2, 0) is 16.0 Å². The molecule has 0 radical (unpaired) electrons. The monoisotopic (exact) mass is 296 g/mol. The van der Waals surface area contributed by atoms with Crippen molar-refractivity contribution in [1.82, 2.24) is 0 Å². The molecule has 19 heavy (non-hydrogen) atoms. The second-order valence-corrected chi connectivity index (χ2v) is 5.14. The second-order valence-electron chi connectivity index (χ2n) is 3.77. The van der Waals surface area contributed by atoms with Crippen LogP contribution in [0.4, 0.5) is 22.5 Å². The van der Waals surface area contributed by atoms with E-state index >= 15 is 0 Å². The molecule has 0 atom stereocenters. The van der Waals surface area contributed by atoms with Crippen molar-refractivity contribution in [2.24, 2.45) is 5.11 Å². The molecule has 0 saturated heterocycles. The maximum atomic E-state index is 12.6. The van der Waals surface area contributed by atoms with E-state index in [1.807, 2.05) is 0 Å². The summed E-state index contributed by atoms with van der Waals surface area (Å²) in [5.41, 5.74) is 6.33. The minimum absolute atomic E-state index is 0.0113. The smallest absolute Gasteiger partial charge is 0.445 e. The van der Waals surface area contributed by atoms with Gasteiger partial charge in [0.1, 0.15) is 5.75 Å². The molecule has 0 aromatic heterocycles. The lowest BCUT2D eigenvalue weighted by molar-refractivity contribution is 0.500. The molecule has 104 valence electrons. The largest absolute Gasteiger partial charge is 0.509 e. The summed E-state index contributed by atoms with van der Waals surface area (Å²) in [4.78, 5) is 2.35. The summed E-state index contributed by atoms with van der Waals surface area (Å²) in [5, 5.41) is 3.04. The Balaban J connectivity index is 3.53. The van der Waals surface area contributed by atoms with Crippen molar-refractivity contribution in [2.45, 2.75) is 12.7 Å². The molecule has 0 saturated carbocycles. The Bertz CT molecular complexity index is 653. The summed E-state index contributed by atoms with van der Waals surface area (Å²) in [6, 6.07) is 1.15. The number of azide groups is 1. The first-order valence-electron chi connectivity index (χ1n) is 4.85. The van der Waals surface area contributed by atoms with E-state index in [0.717, 1.165) is 0 Å². The topological polar surface area (TPSA) is 82.9 Å². The number of rotatable bonds is 4. The molecule has 0 aliphatic heterocycles. The Morgan fingerprint density at radius 2 is 1.95 bits per heavy atom. The summed E-state index contributed by atoms with van der Waals surface area (Å²) in [6.07, 6.45) is 0. The van der Waals surface area contributed by atoms with Crippen LogP contribution < -0.4 is 5.46 Å². The highest BCUT2D eigenvalue weighted by molar-refractivity contribution is 7.85. The van der Waals surface area contributed by atoms with Crippen LogP contribution in [0.1, 0.15) is 11.1 Å². The highest BCUT2D eigenvalue weighted by Gasteiger charge is 2.27. The zero-order valence-electron chi connectivity index (χ0n) is 9.52. The lowest BCUT2D eigenvalue weighted by Gasteiger charge is -2.18. The molecule has 0 aliphatic rings. The molecule has 11 heteroatoms. The van der Waals surface area contributed by atoms with E-state index < -0.39 is 28.4 Å². The third kappa shape index (κ3) is 4.14. The van der Waals surface area contributed by atoms with Gasteiger partial charge in [-0.1, -0.05) is 17.2 Å². The predicted octanol–water partition coefficient (Wildman–Crippen LogP) is 2.79. The van der Waals surface area contributed by atoms with Crippen molar-refractivity contribution in [3.8, 4) is 0 Å². The van der Waals surface area contributed by atoms with Gasteiger partial charge in [-0.15, -0.1) is 9.35 Å². The third-order valence-corrected chi connectivity index (χ3v) is 3.02. The maximum absolute atomic E-state index is 12.6. The van der Waals surface area contributed by atoms with Crippen molar-refractivity contribution in [3.63, 3.8) is 0 Å². The van der Waals surface area contributed by atoms with Gasteiger partial charge >= 0.3 is 17.2 Å². The van der Waals surface area contributed by atoms with Crippen molar-refractivity contribution in [3.05, 3.63) is 33.7 Å². The lowest BCUT2D eigenvalue weighted by atomic mass is 9.78. The Hall–Kier alpha value is -1.74. The van der Waals surface area contributed by atoms with Gasteiger partial charge < -0.3 is 12.9 Å². The van der Waals surface area contributed by atoms with E-state index in [0.29, 0.717) is 12.1 Å². The Morgan fingerprint density at radius 1 is 1.37 bits per heavy atom. The van der Waals surface area contributed by atoms with Gasteiger partial charge in [0.15, 0.2) is 0 Å². The first kappa shape index (κ1) is 15.3. The molecule has 0 amide bonds. The Labute approximate surface area is 106 Å². The Kier molecular flexibility index (Phi) is 4.11. The van der Waals surface area contributed by atoms with E-state index in [2.05, 4.69) is 10.0 Å². The van der Waals surface area contributed by atoms with E-state index in [4.69, 9.17) is 5.53 Å². The van der Waals surface area contributed by atoms with Gasteiger partial charge in [0, 0.05) is 10.6 Å². The quantitative estimate of drug-likeness (QED) is 0.214. The summed E-state index contributed by atoms with van der Waals surface area (Å²) >= 11 is 0. The fraction of sp³-hybridized carbons (Fsp3) is 0.250. The van der Waals surface area contributed by atoms with Crippen LogP contribution in [0, 0.1) is 6.92 Å². The van der Waals surface area contributed by atoms with E-state index in [1.165, 1.54) is 6.92 Å². The van der Waals surface area contributed by atoms with E-state index in [1.54, 1.807) is 0 Å². The van der Waals surface area contributed by atoms with Crippen molar-refractivity contribution >= 4 is 28.4 Å². The van der Waals surface area contributed by atoms with Crippen LogP contribution in [-0.4, -0.2) is 15.4 Å². The summed E-state index contributed by atoms with van der Waals surface area (Å²) < 4.78 is 71.6. The van der Waals surface area contributed by atoms with Gasteiger partial charge in [-0.05, 0) is 23.6 Å². The first-order chi connectivity index (χ1) is 8.54. The molecule has 0 aliphatic carbocycles. The molecule has 1 aromatic carbocycles. The molecule has 1 aromatic rings. The lowest BCUT2D eigenvalue weighted by Crippen LogP contribution is -2.34. The van der Waals surface area contributed by atoms with Gasteiger partial charge in [-0.2, -0.15) is 8.42 Å².